The van der Waals surface area contributed by atoms with Crippen LogP contribution in [0.1, 0.15) is 87.4 Å². The highest BCUT2D eigenvalue weighted by atomic mass is 16.5. The number of carbonyl (C=O) groups is 3. The Bertz CT molecular complexity index is 984. The van der Waals surface area contributed by atoms with Crippen molar-refractivity contribution in [2.45, 2.75) is 95.2 Å². The Kier molecular flexibility index (Phi) is 11.2. The van der Waals surface area contributed by atoms with Crippen LogP contribution >= 0.6 is 0 Å². The second-order valence-corrected chi connectivity index (χ2v) is 10.4. The molecule has 11 nitrogen and oxygen atoms in total. The van der Waals surface area contributed by atoms with Crippen molar-refractivity contribution in [3.05, 3.63) is 23.8 Å². The molecule has 0 spiro atoms. The Balaban J connectivity index is 1.72. The summed E-state index contributed by atoms with van der Waals surface area (Å²) in [6, 6.07) is 3.20. The van der Waals surface area contributed by atoms with Gasteiger partial charge < -0.3 is 38.3 Å². The Labute approximate surface area is 224 Å². The maximum atomic E-state index is 13.5. The van der Waals surface area contributed by atoms with E-state index in [2.05, 4.69) is 15.6 Å². The van der Waals surface area contributed by atoms with Gasteiger partial charge >= 0.3 is 0 Å². The predicted molar refractivity (Wildman–Crippen MR) is 147 cm³/mol. The number of nitrogens with zero attached hydrogens (tertiary/aromatic N) is 1. The van der Waals surface area contributed by atoms with Crippen LogP contribution in [0.25, 0.3) is 0 Å². The number of nitrogens with one attached hydrogen (secondary N) is 2. The number of aliphatic imine (C=N–C) groups is 1. The minimum atomic E-state index is -0.790. The number of hydrogen-bond donors (Lipinski definition) is 6. The van der Waals surface area contributed by atoms with Crippen molar-refractivity contribution in [1.29, 1.82) is 0 Å². The van der Waals surface area contributed by atoms with Gasteiger partial charge in [0.2, 0.25) is 17.7 Å². The predicted octanol–water partition coefficient (Wildman–Crippen LogP) is 1.88. The third kappa shape index (κ3) is 9.20. The van der Waals surface area contributed by atoms with Crippen LogP contribution in [0.15, 0.2) is 23.2 Å². The summed E-state index contributed by atoms with van der Waals surface area (Å²) in [6.45, 7) is 0.375. The van der Waals surface area contributed by atoms with Gasteiger partial charge in [0, 0.05) is 12.1 Å². The van der Waals surface area contributed by atoms with E-state index in [9.17, 15) is 14.4 Å². The van der Waals surface area contributed by atoms with Gasteiger partial charge in [-0.05, 0) is 69.1 Å². The molecule has 38 heavy (non-hydrogen) atoms. The van der Waals surface area contributed by atoms with Crippen LogP contribution in [0, 0.1) is 5.92 Å². The second-order valence-electron chi connectivity index (χ2n) is 10.4. The number of nitrogens with two attached hydrogens (primary N) is 4. The summed E-state index contributed by atoms with van der Waals surface area (Å²) in [5, 5.41) is 5.81. The Hall–Kier alpha value is -3.34. The monoisotopic (exact) mass is 529 g/mol. The first-order valence-electron chi connectivity index (χ1n) is 13.8. The van der Waals surface area contributed by atoms with Crippen LogP contribution in [0.5, 0.6) is 5.75 Å². The van der Waals surface area contributed by atoms with Gasteiger partial charge in [0.25, 0.3) is 0 Å². The summed E-state index contributed by atoms with van der Waals surface area (Å²) in [7, 11) is 0. The molecule has 2 atom stereocenters. The standard InChI is InChI=1S/C27H43N7O4/c28-20(11-6-14-32-27(30)31)25(36)34-22(15-17-7-2-1-3-8-17)26(37)33-21-13-12-18(24(29)35)16-23(21)38-19-9-4-5-10-19/h12-13,16-17,19-20,22H,1-11,14-15,28H2,(H2,29,35)(H,33,37)(H,34,36)(H4,30,31,32)/t20-,22-/m0/s1. The fraction of sp³-hybridized carbons (Fsp3) is 0.630. The average Bonchev–Trinajstić information content (AvgIpc) is 3.40. The second kappa shape index (κ2) is 14.6. The molecule has 210 valence electrons. The van der Waals surface area contributed by atoms with Gasteiger partial charge in [-0.2, -0.15) is 0 Å². The Morgan fingerprint density at radius 1 is 0.974 bits per heavy atom. The first-order valence-corrected chi connectivity index (χ1v) is 13.8. The van der Waals surface area contributed by atoms with E-state index in [1.807, 2.05) is 0 Å². The molecular formula is C27H43N7O4. The molecule has 0 saturated heterocycles. The number of benzene rings is 1. The molecule has 0 bridgehead atoms. The maximum absolute atomic E-state index is 13.5. The minimum absolute atomic E-state index is 0.00705. The summed E-state index contributed by atoms with van der Waals surface area (Å²) in [5.41, 5.74) is 23.0. The molecule has 3 rings (SSSR count). The van der Waals surface area contributed by atoms with E-state index in [1.54, 1.807) is 18.2 Å². The number of amides is 3. The van der Waals surface area contributed by atoms with Crippen molar-refractivity contribution in [3.8, 4) is 5.75 Å². The van der Waals surface area contributed by atoms with Gasteiger partial charge in [0.05, 0.1) is 17.8 Å². The molecule has 1 aromatic carbocycles. The third-order valence-electron chi connectivity index (χ3n) is 7.35. The van der Waals surface area contributed by atoms with Crippen LogP contribution in [-0.4, -0.2) is 48.4 Å². The first-order chi connectivity index (χ1) is 18.2. The zero-order valence-corrected chi connectivity index (χ0v) is 22.1. The largest absolute Gasteiger partial charge is 0.488 e. The van der Waals surface area contributed by atoms with E-state index in [4.69, 9.17) is 27.7 Å². The molecule has 0 aromatic heterocycles. The molecule has 0 unspecified atom stereocenters. The smallest absolute Gasteiger partial charge is 0.248 e. The molecule has 0 radical (unpaired) electrons. The van der Waals surface area contributed by atoms with Crippen molar-refractivity contribution < 1.29 is 19.1 Å². The molecule has 2 aliphatic rings. The van der Waals surface area contributed by atoms with Crippen LogP contribution in [0.4, 0.5) is 5.69 Å². The fourth-order valence-electron chi connectivity index (χ4n) is 5.20. The molecular weight excluding hydrogens is 486 g/mol. The van der Waals surface area contributed by atoms with Crippen LogP contribution in [0.2, 0.25) is 0 Å². The van der Waals surface area contributed by atoms with E-state index in [0.717, 1.165) is 51.4 Å². The molecule has 10 N–H and O–H groups in total. The number of hydrogen-bond acceptors (Lipinski definition) is 6. The molecule has 3 amide bonds. The van der Waals surface area contributed by atoms with Crippen molar-refractivity contribution in [2.75, 3.05) is 11.9 Å². The van der Waals surface area contributed by atoms with Crippen molar-refractivity contribution >= 4 is 29.4 Å². The number of rotatable bonds is 13. The van der Waals surface area contributed by atoms with Crippen molar-refractivity contribution in [3.63, 3.8) is 0 Å². The van der Waals surface area contributed by atoms with Crippen molar-refractivity contribution in [1.82, 2.24) is 5.32 Å². The van der Waals surface area contributed by atoms with E-state index in [-0.39, 0.29) is 18.0 Å². The average molecular weight is 530 g/mol. The first kappa shape index (κ1) is 29.2. The lowest BCUT2D eigenvalue weighted by molar-refractivity contribution is -0.127. The summed E-state index contributed by atoms with van der Waals surface area (Å²) in [6.07, 6.45) is 10.9. The highest BCUT2D eigenvalue weighted by molar-refractivity contribution is 6.00. The molecule has 2 aliphatic carbocycles. The number of guanidine groups is 1. The van der Waals surface area contributed by atoms with E-state index >= 15 is 0 Å². The van der Waals surface area contributed by atoms with Gasteiger partial charge in [-0.15, -0.1) is 0 Å². The lowest BCUT2D eigenvalue weighted by atomic mass is 9.84. The van der Waals surface area contributed by atoms with E-state index in [1.165, 1.54) is 6.42 Å². The van der Waals surface area contributed by atoms with Gasteiger partial charge in [-0.3, -0.25) is 19.4 Å². The van der Waals surface area contributed by atoms with E-state index < -0.39 is 23.9 Å². The topological polar surface area (TPSA) is 201 Å². The van der Waals surface area contributed by atoms with Gasteiger partial charge in [-0.1, -0.05) is 32.1 Å². The lowest BCUT2D eigenvalue weighted by Crippen LogP contribution is -2.50. The zero-order valence-electron chi connectivity index (χ0n) is 22.1. The van der Waals surface area contributed by atoms with Gasteiger partial charge in [0.15, 0.2) is 5.96 Å². The number of anilines is 1. The van der Waals surface area contributed by atoms with Gasteiger partial charge in [0.1, 0.15) is 11.8 Å². The summed E-state index contributed by atoms with van der Waals surface area (Å²) in [5.74, 6) is -0.579. The highest BCUT2D eigenvalue weighted by Gasteiger charge is 2.29. The van der Waals surface area contributed by atoms with Crippen LogP contribution in [-0.2, 0) is 9.59 Å². The number of primary amides is 1. The molecule has 0 heterocycles. The Morgan fingerprint density at radius 2 is 1.66 bits per heavy atom. The van der Waals surface area contributed by atoms with Crippen molar-refractivity contribution in [2.24, 2.45) is 33.8 Å². The molecule has 1 aromatic rings. The Morgan fingerprint density at radius 3 is 2.32 bits per heavy atom. The highest BCUT2D eigenvalue weighted by Crippen LogP contribution is 2.32. The SMILES string of the molecule is NC(=O)c1ccc(NC(=O)[C@H](CC2CCCCC2)NC(=O)[C@@H](N)CCCN=C(N)N)c(OC2CCCC2)c1. The summed E-state index contributed by atoms with van der Waals surface area (Å²) in [4.78, 5) is 42.1. The molecule has 0 aliphatic heterocycles. The minimum Gasteiger partial charge on any atom is -0.488 e. The molecule has 2 saturated carbocycles. The number of ether oxygens (including phenoxy) is 1. The molecule has 2 fully saturated rings. The number of carbonyl (C=O) groups excluding carboxylic acids is 3. The van der Waals surface area contributed by atoms with E-state index in [0.29, 0.717) is 48.7 Å². The molecule has 11 heteroatoms. The van der Waals surface area contributed by atoms with Crippen LogP contribution < -0.4 is 38.3 Å². The summed E-state index contributed by atoms with van der Waals surface area (Å²) < 4.78 is 6.16. The third-order valence-corrected chi connectivity index (χ3v) is 7.35. The maximum Gasteiger partial charge on any atom is 0.248 e. The zero-order chi connectivity index (χ0) is 27.5. The summed E-state index contributed by atoms with van der Waals surface area (Å²) >= 11 is 0. The normalized spacial score (nSPS) is 17.8. The van der Waals surface area contributed by atoms with Gasteiger partial charge in [-0.25, -0.2) is 0 Å². The fourth-order valence-corrected chi connectivity index (χ4v) is 5.20. The quantitative estimate of drug-likeness (QED) is 0.127. The van der Waals surface area contributed by atoms with Crippen LogP contribution in [0.3, 0.4) is 0 Å². The lowest BCUT2D eigenvalue weighted by Gasteiger charge is -2.28.